The van der Waals surface area contributed by atoms with Gasteiger partial charge in [-0.3, -0.25) is 14.6 Å². The molecule has 3 N–H and O–H groups in total. The zero-order chi connectivity index (χ0) is 29.4. The van der Waals surface area contributed by atoms with E-state index in [-0.39, 0.29) is 30.8 Å². The first-order valence-corrected chi connectivity index (χ1v) is 15.9. The zero-order valence-electron chi connectivity index (χ0n) is 24.2. The van der Waals surface area contributed by atoms with Gasteiger partial charge in [0.1, 0.15) is 11.9 Å². The van der Waals surface area contributed by atoms with Crippen LogP contribution in [0.25, 0.3) is 0 Å². The number of allylic oxidation sites excluding steroid dienone is 1. The normalized spacial score (nSPS) is 32.8. The number of nitrogens with zero attached hydrogens (tertiary/aromatic N) is 2. The number of aromatic nitrogens is 1. The number of aliphatic imine (C=N–C) groups is 1. The van der Waals surface area contributed by atoms with E-state index in [0.29, 0.717) is 17.9 Å². The van der Waals surface area contributed by atoms with Crippen molar-refractivity contribution in [3.63, 3.8) is 0 Å². The predicted molar refractivity (Wildman–Crippen MR) is 161 cm³/mol. The van der Waals surface area contributed by atoms with E-state index in [2.05, 4.69) is 16.1 Å². The van der Waals surface area contributed by atoms with Crippen molar-refractivity contribution in [3.8, 4) is 0 Å². The zero-order valence-corrected chi connectivity index (χ0v) is 25.8. The van der Waals surface area contributed by atoms with Crippen molar-refractivity contribution in [1.29, 1.82) is 0 Å². The standard InChI is InChI=1S/C30H44N2O6S2/c1-18-7-6-8-21(14-25-31-11-12-39-25)9-10-23(19(2)13-22-17-40-26(16-33)32-22)38-27(35)15-24(34)30(4,5)29(37)20(3)28(18)36/h9,11-13,18,20,22-24,28,33-34,36H,6-8,10,14-17H2,1-5H3/b19-13+,21-9+/t18?,20-,22?,23+,24+,28?/m1/s1. The first-order chi connectivity index (χ1) is 18.9. The number of Topliss-reactive ketones (excluding diaryl/α,β-unsaturated/α-hetero) is 1. The molecule has 3 heterocycles. The molecule has 1 aromatic heterocycles. The fraction of sp³-hybridized carbons (Fsp3) is 0.667. The molecule has 0 aromatic carbocycles. The Morgan fingerprint density at radius 2 is 2.00 bits per heavy atom. The third-order valence-electron chi connectivity index (χ3n) is 8.08. The predicted octanol–water partition coefficient (Wildman–Crippen LogP) is 4.53. The molecule has 0 bridgehead atoms. The molecule has 0 fully saturated rings. The smallest absolute Gasteiger partial charge is 0.309 e. The van der Waals surface area contributed by atoms with Gasteiger partial charge in [-0.05, 0) is 37.7 Å². The van der Waals surface area contributed by atoms with E-state index in [9.17, 15) is 24.9 Å². The first-order valence-electron chi connectivity index (χ1n) is 14.1. The van der Waals surface area contributed by atoms with Crippen LogP contribution in [0.2, 0.25) is 0 Å². The molecule has 0 amide bonds. The maximum atomic E-state index is 13.4. The van der Waals surface area contributed by atoms with Crippen LogP contribution in [0.1, 0.15) is 71.7 Å². The van der Waals surface area contributed by atoms with Crippen molar-refractivity contribution in [3.05, 3.63) is 39.9 Å². The van der Waals surface area contributed by atoms with Gasteiger partial charge < -0.3 is 20.1 Å². The molecule has 0 aliphatic carbocycles. The van der Waals surface area contributed by atoms with Gasteiger partial charge in [0.2, 0.25) is 0 Å². The Balaban J connectivity index is 1.92. The van der Waals surface area contributed by atoms with Crippen LogP contribution < -0.4 is 0 Å². The van der Waals surface area contributed by atoms with E-state index < -0.39 is 35.6 Å². The molecule has 8 nitrogen and oxygen atoms in total. The van der Waals surface area contributed by atoms with Gasteiger partial charge in [0, 0.05) is 36.1 Å². The number of thiazole rings is 1. The summed E-state index contributed by atoms with van der Waals surface area (Å²) in [6.45, 7) is 8.72. The lowest BCUT2D eigenvalue weighted by Crippen LogP contribution is -2.45. The number of hydrogen-bond acceptors (Lipinski definition) is 10. The van der Waals surface area contributed by atoms with Crippen molar-refractivity contribution < 1.29 is 29.6 Å². The van der Waals surface area contributed by atoms with E-state index in [1.54, 1.807) is 38.3 Å². The molecule has 0 saturated heterocycles. The maximum absolute atomic E-state index is 13.4. The number of aliphatic hydroxyl groups excluding tert-OH is 3. The van der Waals surface area contributed by atoms with Gasteiger partial charge >= 0.3 is 5.97 Å². The van der Waals surface area contributed by atoms with E-state index in [0.717, 1.165) is 35.6 Å². The Morgan fingerprint density at radius 1 is 1.25 bits per heavy atom. The van der Waals surface area contributed by atoms with Crippen molar-refractivity contribution >= 4 is 39.9 Å². The van der Waals surface area contributed by atoms with Gasteiger partial charge in [0.05, 0.1) is 46.7 Å². The summed E-state index contributed by atoms with van der Waals surface area (Å²) in [7, 11) is 0. The van der Waals surface area contributed by atoms with Crippen LogP contribution in [0, 0.1) is 17.3 Å². The van der Waals surface area contributed by atoms with Gasteiger partial charge in [-0.2, -0.15) is 0 Å². The van der Waals surface area contributed by atoms with Crippen molar-refractivity contribution in [2.45, 2.75) is 97.5 Å². The van der Waals surface area contributed by atoms with Crippen LogP contribution >= 0.6 is 23.1 Å². The Bertz CT molecular complexity index is 1100. The number of hydrogen-bond donors (Lipinski definition) is 3. The molecule has 10 heteroatoms. The van der Waals surface area contributed by atoms with E-state index in [1.165, 1.54) is 17.3 Å². The van der Waals surface area contributed by atoms with Crippen molar-refractivity contribution in [1.82, 2.24) is 4.98 Å². The first kappa shape index (κ1) is 32.7. The molecule has 3 unspecified atom stereocenters. The molecular formula is C30H44N2O6S2. The number of aliphatic hydroxyl groups is 3. The topological polar surface area (TPSA) is 129 Å². The number of carbonyl (C=O) groups excluding carboxylic acids is 2. The molecule has 40 heavy (non-hydrogen) atoms. The van der Waals surface area contributed by atoms with E-state index >= 15 is 0 Å². The quantitative estimate of drug-likeness (QED) is 0.336. The van der Waals surface area contributed by atoms with Crippen LogP contribution in [0.4, 0.5) is 0 Å². The molecule has 0 spiro atoms. The third kappa shape index (κ3) is 8.82. The van der Waals surface area contributed by atoms with Gasteiger partial charge in [-0.25, -0.2) is 4.98 Å². The van der Waals surface area contributed by atoms with E-state index in [1.807, 2.05) is 25.3 Å². The molecule has 1 aromatic rings. The summed E-state index contributed by atoms with van der Waals surface area (Å²) in [6.07, 6.45) is 6.45. The van der Waals surface area contributed by atoms with Gasteiger partial charge in [-0.15, -0.1) is 23.1 Å². The number of ketones is 1. The second kappa shape index (κ2) is 14.9. The highest BCUT2D eigenvalue weighted by atomic mass is 32.2. The number of carbonyl (C=O) groups is 2. The fourth-order valence-corrected chi connectivity index (χ4v) is 6.77. The van der Waals surface area contributed by atoms with Gasteiger partial charge in [0.25, 0.3) is 0 Å². The minimum absolute atomic E-state index is 0.0873. The number of rotatable bonds is 5. The van der Waals surface area contributed by atoms with Crippen LogP contribution in [-0.2, 0) is 20.7 Å². The van der Waals surface area contributed by atoms with Crippen molar-refractivity contribution in [2.24, 2.45) is 22.2 Å². The average Bonchev–Trinajstić information content (AvgIpc) is 3.60. The van der Waals surface area contributed by atoms with E-state index in [4.69, 9.17) is 4.74 Å². The molecule has 0 radical (unpaired) electrons. The SMILES string of the molecule is C/C(=C\C1CSC(CO)=N1)[C@@H]1C/C=C(/Cc2nccs2)CCCC(C)C(O)[C@@H](C)C(=O)C(C)(C)[C@@H](O)CC(=O)O1. The van der Waals surface area contributed by atoms with Crippen LogP contribution in [0.3, 0.4) is 0 Å². The average molecular weight is 593 g/mol. The molecular weight excluding hydrogens is 548 g/mol. The van der Waals surface area contributed by atoms with Crippen molar-refractivity contribution in [2.75, 3.05) is 12.4 Å². The largest absolute Gasteiger partial charge is 0.457 e. The molecule has 3 rings (SSSR count). The highest BCUT2D eigenvalue weighted by Crippen LogP contribution is 2.33. The summed E-state index contributed by atoms with van der Waals surface area (Å²) in [6, 6.07) is -0.110. The second-order valence-corrected chi connectivity index (χ2v) is 13.7. The minimum Gasteiger partial charge on any atom is -0.457 e. The Hall–Kier alpha value is -1.85. The molecule has 222 valence electrons. The summed E-state index contributed by atoms with van der Waals surface area (Å²) >= 11 is 3.11. The lowest BCUT2D eigenvalue weighted by atomic mass is 9.73. The van der Waals surface area contributed by atoms with Crippen LogP contribution in [0.15, 0.2) is 39.9 Å². The Kier molecular flexibility index (Phi) is 12.1. The summed E-state index contributed by atoms with van der Waals surface area (Å²) in [4.78, 5) is 35.4. The highest BCUT2D eigenvalue weighted by molar-refractivity contribution is 8.14. The second-order valence-electron chi connectivity index (χ2n) is 11.6. The summed E-state index contributed by atoms with van der Waals surface area (Å²) < 4.78 is 5.93. The summed E-state index contributed by atoms with van der Waals surface area (Å²) in [5.41, 5.74) is 0.802. The lowest BCUT2D eigenvalue weighted by molar-refractivity contribution is -0.154. The molecule has 2 aliphatic rings. The maximum Gasteiger partial charge on any atom is 0.309 e. The molecule has 0 saturated carbocycles. The monoisotopic (exact) mass is 592 g/mol. The fourth-order valence-electron chi connectivity index (χ4n) is 5.26. The third-order valence-corrected chi connectivity index (χ3v) is 9.93. The highest BCUT2D eigenvalue weighted by Gasteiger charge is 2.42. The van der Waals surface area contributed by atoms with Gasteiger partial charge in [0.15, 0.2) is 0 Å². The molecule has 2 aliphatic heterocycles. The van der Waals surface area contributed by atoms with Crippen LogP contribution in [-0.4, -0.2) is 73.8 Å². The number of ether oxygens (including phenoxy) is 1. The lowest BCUT2D eigenvalue weighted by Gasteiger charge is -2.34. The number of thioether (sulfide) groups is 1. The van der Waals surface area contributed by atoms with Gasteiger partial charge in [-0.1, -0.05) is 45.4 Å². The molecule has 6 atom stereocenters. The van der Waals surface area contributed by atoms with Crippen LogP contribution in [0.5, 0.6) is 0 Å². The Morgan fingerprint density at radius 3 is 2.65 bits per heavy atom. The number of esters is 1. The minimum atomic E-state index is -1.26. The Labute approximate surface area is 246 Å². The number of cyclic esters (lactones) is 1. The summed E-state index contributed by atoms with van der Waals surface area (Å²) in [5, 5.41) is 35.0. The summed E-state index contributed by atoms with van der Waals surface area (Å²) in [5.74, 6) is -0.920.